The zero-order chi connectivity index (χ0) is 66.0. The number of hydrogen-bond acceptors (Lipinski definition) is 4. The van der Waals surface area contributed by atoms with Crippen LogP contribution in [0, 0.1) is 0 Å². The highest BCUT2D eigenvalue weighted by molar-refractivity contribution is 6.15. The maximum Gasteiger partial charge on any atom is 0.138 e. The second-order valence-corrected chi connectivity index (χ2v) is 25.4. The van der Waals surface area contributed by atoms with Gasteiger partial charge in [-0.05, 0) is 168 Å². The molecular weight excluding hydrogens is 1220 g/mol. The van der Waals surface area contributed by atoms with Crippen LogP contribution in [0.25, 0.3) is 177 Å². The largest absolute Gasteiger partial charge is 0.309 e. The van der Waals surface area contributed by atoms with Gasteiger partial charge in [0.2, 0.25) is 0 Å². The van der Waals surface area contributed by atoms with Crippen LogP contribution in [0.1, 0.15) is 0 Å². The smallest absolute Gasteiger partial charge is 0.138 e. The Morgan fingerprint density at radius 3 is 0.870 bits per heavy atom. The van der Waals surface area contributed by atoms with Crippen molar-refractivity contribution in [1.82, 2.24) is 38.2 Å². The number of nitrogens with zero attached hydrogens (tertiary/aromatic N) is 8. The normalized spacial score (nSPS) is 11.6. The summed E-state index contributed by atoms with van der Waals surface area (Å²) in [5.74, 6) is 0.878. The van der Waals surface area contributed by atoms with Crippen LogP contribution < -0.4 is 0 Å². The number of rotatable bonds is 10. The molecule has 0 radical (unpaired) electrons. The predicted octanol–water partition coefficient (Wildman–Crippen LogP) is 23.3. The molecule has 20 rings (SSSR count). The van der Waals surface area contributed by atoms with E-state index >= 15 is 0 Å². The quantitative estimate of drug-likeness (QED) is 0.137. The van der Waals surface area contributed by atoms with Crippen molar-refractivity contribution in [3.63, 3.8) is 0 Å². The van der Waals surface area contributed by atoms with Crippen molar-refractivity contribution in [3.05, 3.63) is 364 Å². The molecule has 0 aliphatic carbocycles. The average Bonchev–Trinajstić information content (AvgIpc) is 1.59. The van der Waals surface area contributed by atoms with Crippen LogP contribution in [0.3, 0.4) is 0 Å². The van der Waals surface area contributed by atoms with E-state index in [1.165, 1.54) is 98.8 Å². The van der Waals surface area contributed by atoms with E-state index in [4.69, 9.17) is 19.9 Å². The Kier molecular flexibility index (Phi) is 14.0. The molecule has 20 aromatic rings. The third kappa shape index (κ3) is 10.0. The summed E-state index contributed by atoms with van der Waals surface area (Å²) in [5.41, 5.74) is 25.4. The molecule has 8 heterocycles. The van der Waals surface area contributed by atoms with E-state index in [1.54, 1.807) is 0 Å². The fourth-order valence-electron chi connectivity index (χ4n) is 14.9. The lowest BCUT2D eigenvalue weighted by atomic mass is 10.0. The summed E-state index contributed by atoms with van der Waals surface area (Å²) in [5, 5.41) is 9.84. The molecule has 0 amide bonds. The van der Waals surface area contributed by atoms with Gasteiger partial charge in [-0.15, -0.1) is 0 Å². The van der Waals surface area contributed by atoms with E-state index < -0.39 is 0 Å². The second-order valence-electron chi connectivity index (χ2n) is 25.4. The predicted molar refractivity (Wildman–Crippen MR) is 414 cm³/mol. The SMILES string of the molecule is c1ccc(-c2ccc(-c3ccc(-n4c5ccccc5c5cc(-c6ccc7c(c6)c6ccccc6n7-c6ccccc6)ccc54)cn3)cn2)cc1.c1ccc(-c2ccc(-c3cccc(-n4c5ccccc5c5cc(-c6ccc7c(c6)c6ccccc6n7-c6ccccc6)ccc54)n3)cn2)cc1. The summed E-state index contributed by atoms with van der Waals surface area (Å²) in [7, 11) is 0. The second kappa shape index (κ2) is 24.3. The summed E-state index contributed by atoms with van der Waals surface area (Å²) >= 11 is 0. The van der Waals surface area contributed by atoms with Gasteiger partial charge in [-0.3, -0.25) is 19.5 Å². The van der Waals surface area contributed by atoms with Gasteiger partial charge in [-0.1, -0.05) is 200 Å². The van der Waals surface area contributed by atoms with Crippen LogP contribution in [0.15, 0.2) is 364 Å². The molecule has 0 aliphatic heterocycles. The first-order chi connectivity index (χ1) is 49.6. The highest BCUT2D eigenvalue weighted by Crippen LogP contribution is 2.42. The lowest BCUT2D eigenvalue weighted by molar-refractivity contribution is 1.08. The monoisotopic (exact) mass is 1280 g/mol. The van der Waals surface area contributed by atoms with Crippen LogP contribution in [0.2, 0.25) is 0 Å². The Hall–Kier alpha value is -13.6. The molecule has 100 heavy (non-hydrogen) atoms. The fourth-order valence-corrected chi connectivity index (χ4v) is 14.9. The fraction of sp³-hybridized carbons (Fsp3) is 0. The highest BCUT2D eigenvalue weighted by Gasteiger charge is 2.20. The molecule has 468 valence electrons. The van der Waals surface area contributed by atoms with E-state index in [0.717, 1.165) is 78.6 Å². The zero-order valence-electron chi connectivity index (χ0n) is 54.2. The molecule has 0 aliphatic rings. The third-order valence-electron chi connectivity index (χ3n) is 19.6. The minimum atomic E-state index is 0.878. The summed E-state index contributed by atoms with van der Waals surface area (Å²) in [4.78, 5) is 19.6. The molecule has 0 bridgehead atoms. The lowest BCUT2D eigenvalue weighted by Gasteiger charge is -2.10. The number of fused-ring (bicyclic) bond motifs is 12. The van der Waals surface area contributed by atoms with Crippen molar-refractivity contribution in [2.75, 3.05) is 0 Å². The molecule has 8 heteroatoms. The van der Waals surface area contributed by atoms with E-state index in [0.29, 0.717) is 0 Å². The first-order valence-corrected chi connectivity index (χ1v) is 33.8. The van der Waals surface area contributed by atoms with Gasteiger partial charge in [-0.2, -0.15) is 0 Å². The van der Waals surface area contributed by atoms with Crippen LogP contribution >= 0.6 is 0 Å². The van der Waals surface area contributed by atoms with Crippen LogP contribution in [-0.4, -0.2) is 38.2 Å². The number of pyridine rings is 4. The minimum Gasteiger partial charge on any atom is -0.309 e. The standard InChI is InChI=1S/2C46H30N4/c1-3-12-31(13-4-1)40-25-22-34(30-47-40)41-18-11-21-46(48-41)50-43-20-10-8-17-37(43)39-29-33(24-27-45(39)50)32-23-26-44-38(28-32)36-16-7-9-19-42(36)49(44)35-14-5-2-6-15-35;1-3-11-31(12-4-1)41-23-19-34(29-47-41)42-24-22-36(30-48-42)50-44-18-10-8-16-38(44)40-28-33(21-26-46(40)50)32-20-25-45-39(27-32)37-15-7-9-17-43(37)49(45)35-13-5-2-6-14-35/h2*1-30H. The summed E-state index contributed by atoms with van der Waals surface area (Å²) in [6, 6.07) is 123. The molecule has 0 spiro atoms. The van der Waals surface area contributed by atoms with Crippen molar-refractivity contribution in [1.29, 1.82) is 0 Å². The van der Waals surface area contributed by atoms with E-state index in [-0.39, 0.29) is 0 Å². The molecule has 8 aromatic heterocycles. The topological polar surface area (TPSA) is 71.3 Å². The molecule has 0 unspecified atom stereocenters. The van der Waals surface area contributed by atoms with Crippen molar-refractivity contribution in [3.8, 4) is 90.2 Å². The highest BCUT2D eigenvalue weighted by atomic mass is 15.1. The Morgan fingerprint density at radius 2 is 0.480 bits per heavy atom. The number of benzene rings is 12. The van der Waals surface area contributed by atoms with Crippen molar-refractivity contribution in [2.24, 2.45) is 0 Å². The molecule has 0 fully saturated rings. The first kappa shape index (κ1) is 57.9. The summed E-state index contributed by atoms with van der Waals surface area (Å²) in [6.07, 6.45) is 5.79. The van der Waals surface area contributed by atoms with E-state index in [1.807, 2.05) is 55.0 Å². The number of hydrogen-bond donors (Lipinski definition) is 0. The third-order valence-corrected chi connectivity index (χ3v) is 19.6. The summed E-state index contributed by atoms with van der Waals surface area (Å²) < 4.78 is 9.32. The molecular formula is C92H60N8. The van der Waals surface area contributed by atoms with Gasteiger partial charge in [0, 0.05) is 89.1 Å². The van der Waals surface area contributed by atoms with Gasteiger partial charge in [-0.25, -0.2) is 4.98 Å². The first-order valence-electron chi connectivity index (χ1n) is 33.8. The van der Waals surface area contributed by atoms with Crippen molar-refractivity contribution >= 4 is 87.2 Å². The van der Waals surface area contributed by atoms with Gasteiger partial charge >= 0.3 is 0 Å². The Balaban J connectivity index is 0.000000139. The van der Waals surface area contributed by atoms with Gasteiger partial charge in [0.25, 0.3) is 0 Å². The van der Waals surface area contributed by atoms with Crippen LogP contribution in [0.5, 0.6) is 0 Å². The Bertz CT molecular complexity index is 6470. The average molecular weight is 1280 g/mol. The van der Waals surface area contributed by atoms with E-state index in [2.05, 4.69) is 328 Å². The van der Waals surface area contributed by atoms with Gasteiger partial charge < -0.3 is 13.7 Å². The molecule has 0 saturated heterocycles. The Labute approximate surface area is 576 Å². The van der Waals surface area contributed by atoms with Gasteiger partial charge in [0.1, 0.15) is 5.82 Å². The van der Waals surface area contributed by atoms with Gasteiger partial charge in [0.15, 0.2) is 0 Å². The maximum absolute atomic E-state index is 5.18. The lowest BCUT2D eigenvalue weighted by Crippen LogP contribution is -1.98. The minimum absolute atomic E-state index is 0.878. The van der Waals surface area contributed by atoms with Crippen molar-refractivity contribution in [2.45, 2.75) is 0 Å². The zero-order valence-corrected chi connectivity index (χ0v) is 54.2. The van der Waals surface area contributed by atoms with Crippen molar-refractivity contribution < 1.29 is 0 Å². The molecule has 0 atom stereocenters. The number of aromatic nitrogens is 8. The van der Waals surface area contributed by atoms with Crippen LogP contribution in [0.4, 0.5) is 0 Å². The number of para-hydroxylation sites is 6. The van der Waals surface area contributed by atoms with E-state index in [9.17, 15) is 0 Å². The maximum atomic E-state index is 5.18. The molecule has 8 nitrogen and oxygen atoms in total. The molecule has 12 aromatic carbocycles. The summed E-state index contributed by atoms with van der Waals surface area (Å²) in [6.45, 7) is 0. The molecule has 0 saturated carbocycles. The van der Waals surface area contributed by atoms with Gasteiger partial charge in [0.05, 0.1) is 78.8 Å². The van der Waals surface area contributed by atoms with Crippen LogP contribution in [-0.2, 0) is 0 Å². The Morgan fingerprint density at radius 1 is 0.170 bits per heavy atom. The molecule has 0 N–H and O–H groups in total.